The lowest BCUT2D eigenvalue weighted by Gasteiger charge is -2.07. The number of aromatic nitrogens is 1. The highest BCUT2D eigenvalue weighted by Crippen LogP contribution is 2.27. The minimum absolute atomic E-state index is 0.281. The Morgan fingerprint density at radius 2 is 1.84 bits per heavy atom. The molecule has 4 rings (SSSR count). The van der Waals surface area contributed by atoms with Crippen molar-refractivity contribution >= 4 is 22.9 Å². The number of nitrogens with one attached hydrogen (secondary N) is 1. The van der Waals surface area contributed by atoms with Crippen LogP contribution in [0, 0.1) is 5.82 Å². The molecular weight excluding hydrogens is 415 g/mol. The van der Waals surface area contributed by atoms with Gasteiger partial charge in [0.15, 0.2) is 0 Å². The standard InChI is InChI=1S/C24H19FN2O3S/c1-29-21-7-3-6-19(13-21)26-23(28)22-15-31-24(27-22)17-8-10-20(11-9-17)30-14-16-4-2-5-18(25)12-16/h2-13,15H,14H2,1H3,(H,26,28). The summed E-state index contributed by atoms with van der Waals surface area (Å²) >= 11 is 1.39. The van der Waals surface area contributed by atoms with Gasteiger partial charge in [-0.25, -0.2) is 9.37 Å². The smallest absolute Gasteiger partial charge is 0.275 e. The average Bonchev–Trinajstić information content (AvgIpc) is 3.29. The van der Waals surface area contributed by atoms with E-state index in [4.69, 9.17) is 9.47 Å². The summed E-state index contributed by atoms with van der Waals surface area (Å²) in [4.78, 5) is 16.9. The maximum Gasteiger partial charge on any atom is 0.275 e. The maximum absolute atomic E-state index is 13.3. The van der Waals surface area contributed by atoms with Gasteiger partial charge in [0.25, 0.3) is 5.91 Å². The van der Waals surface area contributed by atoms with Crippen molar-refractivity contribution < 1.29 is 18.7 Å². The fraction of sp³-hybridized carbons (Fsp3) is 0.0833. The Morgan fingerprint density at radius 3 is 2.61 bits per heavy atom. The van der Waals surface area contributed by atoms with E-state index in [0.717, 1.165) is 16.1 Å². The summed E-state index contributed by atoms with van der Waals surface area (Å²) in [7, 11) is 1.57. The van der Waals surface area contributed by atoms with Gasteiger partial charge in [-0.2, -0.15) is 0 Å². The number of halogens is 1. The van der Waals surface area contributed by atoms with Crippen LogP contribution >= 0.6 is 11.3 Å². The van der Waals surface area contributed by atoms with Gasteiger partial charge in [0.1, 0.15) is 34.6 Å². The summed E-state index contributed by atoms with van der Waals surface area (Å²) in [6.45, 7) is 0.281. The zero-order chi connectivity index (χ0) is 21.6. The minimum Gasteiger partial charge on any atom is -0.497 e. The Hall–Kier alpha value is -3.71. The van der Waals surface area contributed by atoms with Crippen LogP contribution in [-0.4, -0.2) is 18.0 Å². The highest BCUT2D eigenvalue weighted by molar-refractivity contribution is 7.13. The average molecular weight is 434 g/mol. The summed E-state index contributed by atoms with van der Waals surface area (Å²) in [5.74, 6) is 0.759. The summed E-state index contributed by atoms with van der Waals surface area (Å²) < 4.78 is 24.1. The fourth-order valence-corrected chi connectivity index (χ4v) is 3.70. The van der Waals surface area contributed by atoms with Crippen molar-refractivity contribution in [1.29, 1.82) is 0 Å². The molecular formula is C24H19FN2O3S. The van der Waals surface area contributed by atoms with Crippen LogP contribution in [0.25, 0.3) is 10.6 Å². The molecule has 0 aliphatic carbocycles. The van der Waals surface area contributed by atoms with Crippen molar-refractivity contribution in [3.8, 4) is 22.1 Å². The molecule has 0 bridgehead atoms. The number of rotatable bonds is 7. The third kappa shape index (κ3) is 5.26. The first-order chi connectivity index (χ1) is 15.1. The van der Waals surface area contributed by atoms with Gasteiger partial charge in [0.2, 0.25) is 0 Å². The lowest BCUT2D eigenvalue weighted by Crippen LogP contribution is -2.12. The SMILES string of the molecule is COc1cccc(NC(=O)c2csc(-c3ccc(OCc4cccc(F)c4)cc3)n2)c1. The van der Waals surface area contributed by atoms with Crippen molar-refractivity contribution in [2.24, 2.45) is 0 Å². The summed E-state index contributed by atoms with van der Waals surface area (Å²) in [6.07, 6.45) is 0. The molecule has 0 saturated heterocycles. The number of anilines is 1. The second-order valence-electron chi connectivity index (χ2n) is 6.67. The minimum atomic E-state index is -0.286. The number of ether oxygens (including phenoxy) is 2. The van der Waals surface area contributed by atoms with E-state index in [0.29, 0.717) is 22.9 Å². The Kier molecular flexibility index (Phi) is 6.24. The monoisotopic (exact) mass is 434 g/mol. The molecule has 5 nitrogen and oxygen atoms in total. The number of carbonyl (C=O) groups excluding carboxylic acids is 1. The molecule has 3 aromatic carbocycles. The molecule has 0 fully saturated rings. The van der Waals surface area contributed by atoms with E-state index in [2.05, 4.69) is 10.3 Å². The molecule has 31 heavy (non-hydrogen) atoms. The number of amides is 1. The van der Waals surface area contributed by atoms with Crippen molar-refractivity contribution in [2.75, 3.05) is 12.4 Å². The molecule has 1 N–H and O–H groups in total. The summed E-state index contributed by atoms with van der Waals surface area (Å²) in [5.41, 5.74) is 2.62. The van der Waals surface area contributed by atoms with E-state index in [1.807, 2.05) is 36.4 Å². The third-order valence-corrected chi connectivity index (χ3v) is 5.35. The quantitative estimate of drug-likeness (QED) is 0.400. The lowest BCUT2D eigenvalue weighted by molar-refractivity contribution is 0.102. The molecule has 4 aromatic rings. The van der Waals surface area contributed by atoms with Crippen LogP contribution in [0.15, 0.2) is 78.2 Å². The number of hydrogen-bond acceptors (Lipinski definition) is 5. The zero-order valence-electron chi connectivity index (χ0n) is 16.7. The van der Waals surface area contributed by atoms with E-state index in [1.165, 1.54) is 23.5 Å². The molecule has 1 aromatic heterocycles. The lowest BCUT2D eigenvalue weighted by atomic mass is 10.2. The predicted octanol–water partition coefficient (Wildman–Crippen LogP) is 5.79. The number of nitrogens with zero attached hydrogens (tertiary/aromatic N) is 1. The molecule has 156 valence electrons. The van der Waals surface area contributed by atoms with E-state index in [1.54, 1.807) is 36.8 Å². The van der Waals surface area contributed by atoms with Gasteiger partial charge in [-0.05, 0) is 54.1 Å². The van der Waals surface area contributed by atoms with Gasteiger partial charge in [-0.1, -0.05) is 18.2 Å². The van der Waals surface area contributed by atoms with Crippen molar-refractivity contribution in [1.82, 2.24) is 4.98 Å². The first kappa shape index (κ1) is 20.6. The number of benzene rings is 3. The van der Waals surface area contributed by atoms with E-state index in [9.17, 15) is 9.18 Å². The van der Waals surface area contributed by atoms with Crippen LogP contribution < -0.4 is 14.8 Å². The Balaban J connectivity index is 1.39. The topological polar surface area (TPSA) is 60.5 Å². The fourth-order valence-electron chi connectivity index (χ4n) is 2.89. The third-order valence-electron chi connectivity index (χ3n) is 4.46. The van der Waals surface area contributed by atoms with Crippen molar-refractivity contribution in [3.05, 3.63) is 95.3 Å². The Labute approximate surface area is 183 Å². The molecule has 7 heteroatoms. The number of hydrogen-bond donors (Lipinski definition) is 1. The molecule has 0 radical (unpaired) electrons. The molecule has 0 aliphatic heterocycles. The second kappa shape index (κ2) is 9.40. The first-order valence-electron chi connectivity index (χ1n) is 9.49. The van der Waals surface area contributed by atoms with Crippen LogP contribution in [0.3, 0.4) is 0 Å². The van der Waals surface area contributed by atoms with E-state index in [-0.39, 0.29) is 18.3 Å². The van der Waals surface area contributed by atoms with Crippen LogP contribution in [0.5, 0.6) is 11.5 Å². The molecule has 0 saturated carbocycles. The molecule has 1 heterocycles. The van der Waals surface area contributed by atoms with Gasteiger partial charge in [-0.3, -0.25) is 4.79 Å². The van der Waals surface area contributed by atoms with Gasteiger partial charge in [-0.15, -0.1) is 11.3 Å². The number of carbonyl (C=O) groups is 1. The predicted molar refractivity (Wildman–Crippen MR) is 119 cm³/mol. The Morgan fingerprint density at radius 1 is 1.03 bits per heavy atom. The van der Waals surface area contributed by atoms with Crippen LogP contribution in [0.4, 0.5) is 10.1 Å². The molecule has 0 aliphatic rings. The highest BCUT2D eigenvalue weighted by atomic mass is 32.1. The van der Waals surface area contributed by atoms with E-state index >= 15 is 0 Å². The second-order valence-corrected chi connectivity index (χ2v) is 7.53. The van der Waals surface area contributed by atoms with Crippen LogP contribution in [0.1, 0.15) is 16.1 Å². The van der Waals surface area contributed by atoms with Gasteiger partial charge in [0.05, 0.1) is 7.11 Å². The van der Waals surface area contributed by atoms with Crippen molar-refractivity contribution in [3.63, 3.8) is 0 Å². The van der Waals surface area contributed by atoms with Crippen LogP contribution in [0.2, 0.25) is 0 Å². The number of methoxy groups -OCH3 is 1. The summed E-state index contributed by atoms with van der Waals surface area (Å²) in [5, 5.41) is 5.27. The molecule has 0 spiro atoms. The van der Waals surface area contributed by atoms with Crippen LogP contribution in [-0.2, 0) is 6.61 Å². The van der Waals surface area contributed by atoms with Gasteiger partial charge in [0, 0.05) is 22.7 Å². The normalized spacial score (nSPS) is 10.5. The maximum atomic E-state index is 13.3. The first-order valence-corrected chi connectivity index (χ1v) is 10.4. The molecule has 1 amide bonds. The highest BCUT2D eigenvalue weighted by Gasteiger charge is 2.13. The summed E-state index contributed by atoms with van der Waals surface area (Å²) in [6, 6.07) is 20.9. The molecule has 0 unspecified atom stereocenters. The van der Waals surface area contributed by atoms with Gasteiger partial charge < -0.3 is 14.8 Å². The number of thiazole rings is 1. The zero-order valence-corrected chi connectivity index (χ0v) is 17.5. The molecule has 0 atom stereocenters. The Bertz CT molecular complexity index is 1190. The largest absolute Gasteiger partial charge is 0.497 e. The van der Waals surface area contributed by atoms with Crippen molar-refractivity contribution in [2.45, 2.75) is 6.61 Å². The van der Waals surface area contributed by atoms with E-state index < -0.39 is 0 Å². The van der Waals surface area contributed by atoms with Gasteiger partial charge >= 0.3 is 0 Å².